The molecule has 0 aliphatic carbocycles. The Bertz CT molecular complexity index is 731. The number of piperidine rings is 1. The maximum Gasteiger partial charge on any atom is 0.309 e. The molecular formula is C20H25ClFNO4. The van der Waals surface area contributed by atoms with Crippen LogP contribution in [0.25, 0.3) is 0 Å². The number of carbonyl (C=O) groups is 2. The van der Waals surface area contributed by atoms with E-state index in [-0.39, 0.29) is 17.9 Å². The largest absolute Gasteiger partial charge is 0.481 e. The zero-order valence-corrected chi connectivity index (χ0v) is 16.3. The number of likely N-dealkylation sites (tertiary alicyclic amines) is 1. The minimum absolute atomic E-state index is 0.132. The molecule has 2 aliphatic heterocycles. The van der Waals surface area contributed by atoms with E-state index < -0.39 is 23.1 Å². The molecule has 0 saturated carbocycles. The molecule has 1 aromatic carbocycles. The van der Waals surface area contributed by atoms with E-state index in [2.05, 4.69) is 0 Å². The van der Waals surface area contributed by atoms with Crippen molar-refractivity contribution in [3.63, 3.8) is 0 Å². The van der Waals surface area contributed by atoms with Crippen LogP contribution in [0.15, 0.2) is 18.2 Å². The molecule has 0 spiro atoms. The predicted molar refractivity (Wildman–Crippen MR) is 99.2 cm³/mol. The third-order valence-corrected chi connectivity index (χ3v) is 6.12. The van der Waals surface area contributed by atoms with Gasteiger partial charge in [-0.25, -0.2) is 4.39 Å². The second kappa shape index (κ2) is 7.76. The van der Waals surface area contributed by atoms with Gasteiger partial charge >= 0.3 is 5.97 Å². The second-order valence-corrected chi connectivity index (χ2v) is 8.38. The normalized spacial score (nSPS) is 24.2. The van der Waals surface area contributed by atoms with Gasteiger partial charge in [0.05, 0.1) is 17.4 Å². The number of amides is 1. The molecule has 1 unspecified atom stereocenters. The number of halogens is 2. The first-order chi connectivity index (χ1) is 12.7. The van der Waals surface area contributed by atoms with Gasteiger partial charge in [-0.1, -0.05) is 17.7 Å². The Balaban J connectivity index is 1.66. The number of ether oxygens (including phenoxy) is 1. The maximum absolute atomic E-state index is 14.3. The van der Waals surface area contributed by atoms with Crippen molar-refractivity contribution in [2.75, 3.05) is 19.7 Å². The van der Waals surface area contributed by atoms with Gasteiger partial charge in [-0.3, -0.25) is 9.59 Å². The molecule has 2 heterocycles. The standard InChI is InChI=1S/C20H25ClFNO4/c1-20(2,15-4-3-13(21)11-16(15)22)19(26)23-8-5-12(6-9-23)17-14(18(24)25)7-10-27-17/h3-4,11-12,14,17H,5-10H2,1-2H3,(H,24,25)/t14?,17-/m0/s1. The van der Waals surface area contributed by atoms with Gasteiger partial charge in [-0.15, -0.1) is 0 Å². The first-order valence-corrected chi connectivity index (χ1v) is 9.69. The van der Waals surface area contributed by atoms with Gasteiger partial charge in [0.25, 0.3) is 0 Å². The van der Waals surface area contributed by atoms with Gasteiger partial charge in [0.2, 0.25) is 5.91 Å². The van der Waals surface area contributed by atoms with Crippen molar-refractivity contribution in [2.45, 2.75) is 44.6 Å². The minimum Gasteiger partial charge on any atom is -0.481 e. The number of hydrogen-bond acceptors (Lipinski definition) is 3. The summed E-state index contributed by atoms with van der Waals surface area (Å²) in [5.41, 5.74) is -0.682. The topological polar surface area (TPSA) is 66.8 Å². The van der Waals surface area contributed by atoms with Crippen LogP contribution < -0.4 is 0 Å². The highest BCUT2D eigenvalue weighted by Crippen LogP contribution is 2.35. The Labute approximate surface area is 163 Å². The molecule has 1 N–H and O–H groups in total. The van der Waals surface area contributed by atoms with E-state index in [0.29, 0.717) is 49.5 Å². The molecule has 1 aromatic rings. The molecule has 2 atom stereocenters. The van der Waals surface area contributed by atoms with Crippen LogP contribution >= 0.6 is 11.6 Å². The zero-order chi connectivity index (χ0) is 19.8. The van der Waals surface area contributed by atoms with Gasteiger partial charge in [0.1, 0.15) is 5.82 Å². The number of benzene rings is 1. The van der Waals surface area contributed by atoms with E-state index in [9.17, 15) is 19.1 Å². The van der Waals surface area contributed by atoms with E-state index in [1.807, 2.05) is 0 Å². The molecule has 1 amide bonds. The predicted octanol–water partition coefficient (Wildman–Crippen LogP) is 3.49. The zero-order valence-electron chi connectivity index (χ0n) is 15.6. The molecule has 2 saturated heterocycles. The molecule has 2 fully saturated rings. The van der Waals surface area contributed by atoms with Crippen LogP contribution in [0.1, 0.15) is 38.7 Å². The van der Waals surface area contributed by atoms with Gasteiger partial charge in [0.15, 0.2) is 0 Å². The van der Waals surface area contributed by atoms with Crippen LogP contribution in [0.4, 0.5) is 4.39 Å². The van der Waals surface area contributed by atoms with Crippen LogP contribution in [0.3, 0.4) is 0 Å². The summed E-state index contributed by atoms with van der Waals surface area (Å²) < 4.78 is 20.0. The first-order valence-electron chi connectivity index (χ1n) is 9.31. The average Bonchev–Trinajstić information content (AvgIpc) is 3.11. The summed E-state index contributed by atoms with van der Waals surface area (Å²) in [7, 11) is 0. The lowest BCUT2D eigenvalue weighted by Gasteiger charge is -2.39. The lowest BCUT2D eigenvalue weighted by atomic mass is 9.80. The van der Waals surface area contributed by atoms with Crippen molar-refractivity contribution in [1.29, 1.82) is 0 Å². The fourth-order valence-electron chi connectivity index (χ4n) is 4.28. The monoisotopic (exact) mass is 397 g/mol. The number of rotatable bonds is 4. The summed E-state index contributed by atoms with van der Waals surface area (Å²) >= 11 is 5.82. The molecule has 27 heavy (non-hydrogen) atoms. The fourth-order valence-corrected chi connectivity index (χ4v) is 4.44. The van der Waals surface area contributed by atoms with Crippen molar-refractivity contribution < 1.29 is 23.8 Å². The van der Waals surface area contributed by atoms with E-state index in [1.54, 1.807) is 30.9 Å². The number of carbonyl (C=O) groups excluding carboxylic acids is 1. The Morgan fingerprint density at radius 2 is 1.93 bits per heavy atom. The van der Waals surface area contributed by atoms with Crippen LogP contribution in [0.2, 0.25) is 5.02 Å². The third-order valence-electron chi connectivity index (χ3n) is 5.88. The summed E-state index contributed by atoms with van der Waals surface area (Å²) in [6.45, 7) is 4.95. The molecule has 0 bridgehead atoms. The summed E-state index contributed by atoms with van der Waals surface area (Å²) in [5.74, 6) is -1.76. The summed E-state index contributed by atoms with van der Waals surface area (Å²) in [6, 6.07) is 4.37. The molecule has 2 aliphatic rings. The fraction of sp³-hybridized carbons (Fsp3) is 0.600. The highest BCUT2D eigenvalue weighted by atomic mass is 35.5. The van der Waals surface area contributed by atoms with Crippen LogP contribution in [0, 0.1) is 17.7 Å². The van der Waals surface area contributed by atoms with Gasteiger partial charge < -0.3 is 14.7 Å². The first kappa shape index (κ1) is 20.1. The number of carboxylic acids is 1. The molecule has 0 aromatic heterocycles. The maximum atomic E-state index is 14.3. The van der Waals surface area contributed by atoms with Crippen molar-refractivity contribution in [3.05, 3.63) is 34.6 Å². The third kappa shape index (κ3) is 3.97. The van der Waals surface area contributed by atoms with E-state index >= 15 is 0 Å². The molecule has 7 heteroatoms. The average molecular weight is 398 g/mol. The highest BCUT2D eigenvalue weighted by Gasteiger charge is 2.42. The molecule has 148 valence electrons. The van der Waals surface area contributed by atoms with Crippen LogP contribution in [-0.2, 0) is 19.7 Å². The van der Waals surface area contributed by atoms with E-state index in [4.69, 9.17) is 16.3 Å². The quantitative estimate of drug-likeness (QED) is 0.844. The number of carboxylic acid groups (broad SMARTS) is 1. The summed E-state index contributed by atoms with van der Waals surface area (Å²) in [5, 5.41) is 9.64. The number of hydrogen-bond donors (Lipinski definition) is 1. The summed E-state index contributed by atoms with van der Waals surface area (Å²) in [6.07, 6.45) is 1.65. The van der Waals surface area contributed by atoms with Gasteiger partial charge in [-0.2, -0.15) is 0 Å². The molecule has 5 nitrogen and oxygen atoms in total. The SMILES string of the molecule is CC(C)(C(=O)N1CCC([C@@H]2OCCC2C(=O)O)CC1)c1ccc(Cl)cc1F. The van der Waals surface area contributed by atoms with Crippen LogP contribution in [-0.4, -0.2) is 47.7 Å². The van der Waals surface area contributed by atoms with E-state index in [1.165, 1.54) is 6.07 Å². The van der Waals surface area contributed by atoms with Gasteiger partial charge in [-0.05, 0) is 51.2 Å². The highest BCUT2D eigenvalue weighted by molar-refractivity contribution is 6.30. The Kier molecular flexibility index (Phi) is 5.77. The van der Waals surface area contributed by atoms with Crippen molar-refractivity contribution in [1.82, 2.24) is 4.90 Å². The Hall–Kier alpha value is -1.66. The lowest BCUT2D eigenvalue weighted by Crippen LogP contribution is -2.49. The van der Waals surface area contributed by atoms with Crippen molar-refractivity contribution >= 4 is 23.5 Å². The minimum atomic E-state index is -1.00. The van der Waals surface area contributed by atoms with Crippen molar-refractivity contribution in [2.24, 2.45) is 11.8 Å². The Morgan fingerprint density at radius 1 is 1.26 bits per heavy atom. The number of nitrogens with zero attached hydrogens (tertiary/aromatic N) is 1. The van der Waals surface area contributed by atoms with Crippen LogP contribution in [0.5, 0.6) is 0 Å². The smallest absolute Gasteiger partial charge is 0.309 e. The molecular weight excluding hydrogens is 373 g/mol. The number of aliphatic carboxylic acids is 1. The Morgan fingerprint density at radius 3 is 2.52 bits per heavy atom. The lowest BCUT2D eigenvalue weighted by molar-refractivity contribution is -0.146. The van der Waals surface area contributed by atoms with Crippen molar-refractivity contribution in [3.8, 4) is 0 Å². The van der Waals surface area contributed by atoms with Gasteiger partial charge in [0, 0.05) is 30.3 Å². The molecule has 3 rings (SSSR count). The van der Waals surface area contributed by atoms with E-state index in [0.717, 1.165) is 0 Å². The summed E-state index contributed by atoms with van der Waals surface area (Å²) in [4.78, 5) is 26.2. The second-order valence-electron chi connectivity index (χ2n) is 7.95. The molecule has 0 radical (unpaired) electrons.